The molecule has 2 atom stereocenters. The molecule has 6 nitrogen and oxygen atoms in total. The molecule has 1 aliphatic heterocycles. The number of anilines is 1. The number of hydrogen-bond acceptors (Lipinski definition) is 5. The number of nitrogens with two attached hydrogens (primary N) is 2. The van der Waals surface area contributed by atoms with Crippen LogP contribution in [0.25, 0.3) is 0 Å². The van der Waals surface area contributed by atoms with Crippen LogP contribution in [-0.2, 0) is 11.2 Å². The maximum Gasteiger partial charge on any atom is 0.239 e. The van der Waals surface area contributed by atoms with E-state index in [0.717, 1.165) is 50.8 Å². The van der Waals surface area contributed by atoms with Crippen molar-refractivity contribution in [2.45, 2.75) is 52.0 Å². The average Bonchev–Trinajstić information content (AvgIpc) is 2.70. The molecule has 2 heterocycles. The van der Waals surface area contributed by atoms with Crippen LogP contribution in [0.4, 0.5) is 5.82 Å². The van der Waals surface area contributed by atoms with E-state index in [1.807, 2.05) is 4.90 Å². The van der Waals surface area contributed by atoms with Crippen LogP contribution in [-0.4, -0.2) is 39.9 Å². The van der Waals surface area contributed by atoms with E-state index in [2.05, 4.69) is 9.97 Å². The number of rotatable bonds is 4. The van der Waals surface area contributed by atoms with Gasteiger partial charge in [-0.05, 0) is 51.9 Å². The minimum atomic E-state index is -0.421. The van der Waals surface area contributed by atoms with E-state index in [1.54, 1.807) is 13.8 Å². The molecule has 7 heteroatoms. The third kappa shape index (κ3) is 4.78. The molecule has 128 valence electrons. The summed E-state index contributed by atoms with van der Waals surface area (Å²) in [5.41, 5.74) is 12.5. The second-order valence-electron chi connectivity index (χ2n) is 6.37. The van der Waals surface area contributed by atoms with Crippen molar-refractivity contribution in [1.82, 2.24) is 14.9 Å². The molecule has 23 heavy (non-hydrogen) atoms. The van der Waals surface area contributed by atoms with Gasteiger partial charge in [-0.2, -0.15) is 0 Å². The lowest BCUT2D eigenvalue weighted by atomic mass is 9.93. The highest BCUT2D eigenvalue weighted by atomic mass is 35.5. The van der Waals surface area contributed by atoms with E-state index in [1.165, 1.54) is 0 Å². The monoisotopic (exact) mass is 339 g/mol. The smallest absolute Gasteiger partial charge is 0.239 e. The van der Waals surface area contributed by atoms with Crippen LogP contribution in [0.5, 0.6) is 0 Å². The van der Waals surface area contributed by atoms with Crippen molar-refractivity contribution in [3.63, 3.8) is 0 Å². The highest BCUT2D eigenvalue weighted by Crippen LogP contribution is 2.26. The van der Waals surface area contributed by atoms with Gasteiger partial charge in [0.25, 0.3) is 0 Å². The summed E-state index contributed by atoms with van der Waals surface area (Å²) in [6.45, 7) is 5.10. The molecule has 1 aromatic rings. The maximum atomic E-state index is 12.0. The van der Waals surface area contributed by atoms with Crippen LogP contribution < -0.4 is 11.5 Å². The summed E-state index contributed by atoms with van der Waals surface area (Å²) in [4.78, 5) is 22.3. The van der Waals surface area contributed by atoms with Crippen LogP contribution in [0.15, 0.2) is 0 Å². The summed E-state index contributed by atoms with van der Waals surface area (Å²) in [6, 6.07) is -0.421. The first-order valence-corrected chi connectivity index (χ1v) is 8.59. The number of nitrogens with zero attached hydrogens (tertiary/aromatic N) is 3. The number of carbonyl (C=O) groups is 1. The number of carbonyl (C=O) groups excluding carboxylic acids is 1. The standard InChI is InChI=1S/C16H26ClN5O/c1-10(18)16(23)22-8-3-4-12(7-9-22)5-6-13-14(17)20-11(2)21-15(13)19/h10,12H,3-9,18H2,1-2H3,(H2,19,20,21). The maximum absolute atomic E-state index is 12.0. The number of amides is 1. The molecule has 2 rings (SSSR count). The molecule has 0 spiro atoms. The molecule has 0 aliphatic carbocycles. The van der Waals surface area contributed by atoms with Gasteiger partial charge in [-0.15, -0.1) is 0 Å². The molecular formula is C16H26ClN5O. The zero-order chi connectivity index (χ0) is 17.0. The number of nitrogen functional groups attached to an aromatic ring is 1. The molecule has 0 radical (unpaired) electrons. The molecule has 2 unspecified atom stereocenters. The van der Waals surface area contributed by atoms with Gasteiger partial charge in [0.05, 0.1) is 6.04 Å². The Labute approximate surface area is 142 Å². The summed E-state index contributed by atoms with van der Waals surface area (Å²) in [6.07, 6.45) is 4.86. The van der Waals surface area contributed by atoms with Crippen molar-refractivity contribution in [3.05, 3.63) is 16.5 Å². The van der Waals surface area contributed by atoms with Gasteiger partial charge >= 0.3 is 0 Å². The van der Waals surface area contributed by atoms with E-state index in [-0.39, 0.29) is 5.91 Å². The summed E-state index contributed by atoms with van der Waals surface area (Å²) < 4.78 is 0. The van der Waals surface area contributed by atoms with Crippen LogP contribution in [0.1, 0.15) is 44.0 Å². The zero-order valence-corrected chi connectivity index (χ0v) is 14.6. The lowest BCUT2D eigenvalue weighted by Crippen LogP contribution is -2.42. The van der Waals surface area contributed by atoms with E-state index in [9.17, 15) is 4.79 Å². The van der Waals surface area contributed by atoms with Crippen LogP contribution in [0.3, 0.4) is 0 Å². The second-order valence-corrected chi connectivity index (χ2v) is 6.73. The number of halogens is 1. The van der Waals surface area contributed by atoms with Crippen LogP contribution in [0, 0.1) is 12.8 Å². The van der Waals surface area contributed by atoms with Gasteiger partial charge in [-0.3, -0.25) is 4.79 Å². The zero-order valence-electron chi connectivity index (χ0n) is 13.9. The van der Waals surface area contributed by atoms with Gasteiger partial charge in [-0.25, -0.2) is 9.97 Å². The fourth-order valence-corrected chi connectivity index (χ4v) is 3.44. The van der Waals surface area contributed by atoms with Crippen molar-refractivity contribution in [3.8, 4) is 0 Å². The van der Waals surface area contributed by atoms with Gasteiger partial charge in [-0.1, -0.05) is 11.6 Å². The van der Waals surface area contributed by atoms with E-state index < -0.39 is 6.04 Å². The Morgan fingerprint density at radius 3 is 2.78 bits per heavy atom. The molecule has 1 saturated heterocycles. The first kappa shape index (κ1) is 17.9. The predicted molar refractivity (Wildman–Crippen MR) is 92.1 cm³/mol. The SMILES string of the molecule is Cc1nc(N)c(CCC2CCCN(C(=O)C(C)N)CC2)c(Cl)n1. The van der Waals surface area contributed by atoms with Gasteiger partial charge in [0.15, 0.2) is 0 Å². The highest BCUT2D eigenvalue weighted by Gasteiger charge is 2.23. The fourth-order valence-electron chi connectivity index (χ4n) is 3.12. The van der Waals surface area contributed by atoms with Crippen molar-refractivity contribution in [1.29, 1.82) is 0 Å². The van der Waals surface area contributed by atoms with E-state index in [4.69, 9.17) is 23.1 Å². The fraction of sp³-hybridized carbons (Fsp3) is 0.688. The van der Waals surface area contributed by atoms with Crippen LogP contribution in [0.2, 0.25) is 5.15 Å². The molecule has 0 bridgehead atoms. The first-order chi connectivity index (χ1) is 10.9. The molecule has 1 aromatic heterocycles. The largest absolute Gasteiger partial charge is 0.383 e. The van der Waals surface area contributed by atoms with Crippen molar-refractivity contribution in [2.75, 3.05) is 18.8 Å². The highest BCUT2D eigenvalue weighted by molar-refractivity contribution is 6.30. The third-order valence-corrected chi connectivity index (χ3v) is 4.76. The number of hydrogen-bond donors (Lipinski definition) is 2. The normalized spacial score (nSPS) is 20.2. The molecule has 0 aromatic carbocycles. The quantitative estimate of drug-likeness (QED) is 0.817. The number of aryl methyl sites for hydroxylation is 1. The Morgan fingerprint density at radius 2 is 2.13 bits per heavy atom. The lowest BCUT2D eigenvalue weighted by molar-refractivity contribution is -0.132. The Bertz CT molecular complexity index is 540. The molecule has 0 saturated carbocycles. The molecule has 1 fully saturated rings. The minimum Gasteiger partial charge on any atom is -0.383 e. The van der Waals surface area contributed by atoms with E-state index >= 15 is 0 Å². The Hall–Kier alpha value is -1.40. The van der Waals surface area contributed by atoms with Crippen molar-refractivity contribution < 1.29 is 4.79 Å². The number of aromatic nitrogens is 2. The minimum absolute atomic E-state index is 0.0462. The predicted octanol–water partition coefficient (Wildman–Crippen LogP) is 1.93. The molecule has 1 amide bonds. The average molecular weight is 340 g/mol. The first-order valence-electron chi connectivity index (χ1n) is 8.21. The Morgan fingerprint density at radius 1 is 1.39 bits per heavy atom. The molecule has 4 N–H and O–H groups in total. The summed E-state index contributed by atoms with van der Waals surface area (Å²) in [5, 5.41) is 0.456. The second kappa shape index (κ2) is 7.93. The summed E-state index contributed by atoms with van der Waals surface area (Å²) in [7, 11) is 0. The number of likely N-dealkylation sites (tertiary alicyclic amines) is 1. The third-order valence-electron chi connectivity index (χ3n) is 4.45. The van der Waals surface area contributed by atoms with Gasteiger partial charge in [0.2, 0.25) is 5.91 Å². The van der Waals surface area contributed by atoms with Gasteiger partial charge in [0, 0.05) is 18.7 Å². The van der Waals surface area contributed by atoms with Gasteiger partial charge < -0.3 is 16.4 Å². The van der Waals surface area contributed by atoms with Gasteiger partial charge in [0.1, 0.15) is 16.8 Å². The lowest BCUT2D eigenvalue weighted by Gasteiger charge is -2.22. The molecule has 1 aliphatic rings. The summed E-state index contributed by atoms with van der Waals surface area (Å²) in [5.74, 6) is 1.67. The van der Waals surface area contributed by atoms with Crippen molar-refractivity contribution >= 4 is 23.3 Å². The Balaban J connectivity index is 1.91. The van der Waals surface area contributed by atoms with Crippen molar-refractivity contribution in [2.24, 2.45) is 11.7 Å². The topological polar surface area (TPSA) is 98.1 Å². The molecular weight excluding hydrogens is 314 g/mol. The van der Waals surface area contributed by atoms with Crippen LogP contribution >= 0.6 is 11.6 Å². The Kier molecular flexibility index (Phi) is 6.18. The summed E-state index contributed by atoms with van der Waals surface area (Å²) >= 11 is 6.19. The van der Waals surface area contributed by atoms with E-state index in [0.29, 0.717) is 22.7 Å².